The van der Waals surface area contributed by atoms with Crippen LogP contribution in [0.4, 0.5) is 0 Å². The molecule has 5 rings (SSSR count). The molecule has 184 valence electrons. The fourth-order valence-corrected chi connectivity index (χ4v) is 4.67. The lowest BCUT2D eigenvalue weighted by Crippen LogP contribution is -2.50. The second-order valence-electron chi connectivity index (χ2n) is 9.34. The lowest BCUT2D eigenvalue weighted by atomic mass is 9.95. The van der Waals surface area contributed by atoms with Gasteiger partial charge in [0.25, 0.3) is 0 Å². The normalized spacial score (nSPS) is 17.6. The summed E-state index contributed by atoms with van der Waals surface area (Å²) in [5, 5.41) is 19.4. The predicted octanol–water partition coefficient (Wildman–Crippen LogP) is 4.08. The van der Waals surface area contributed by atoms with Crippen molar-refractivity contribution < 1.29 is 19.1 Å². The van der Waals surface area contributed by atoms with Gasteiger partial charge in [-0.15, -0.1) is 0 Å². The van der Waals surface area contributed by atoms with Crippen molar-refractivity contribution >= 4 is 22.6 Å². The molecule has 0 amide bonds. The summed E-state index contributed by atoms with van der Waals surface area (Å²) in [4.78, 5) is 19.7. The van der Waals surface area contributed by atoms with E-state index < -0.39 is 6.23 Å². The number of nitrogens with one attached hydrogen (secondary N) is 1. The molecule has 0 saturated carbocycles. The molecule has 1 saturated heterocycles. The molecular weight excluding hydrogens is 456 g/mol. The van der Waals surface area contributed by atoms with Gasteiger partial charge >= 0.3 is 5.97 Å². The largest absolute Gasteiger partial charge is 0.490 e. The summed E-state index contributed by atoms with van der Waals surface area (Å²) in [5.41, 5.74) is 3.37. The second kappa shape index (κ2) is 9.88. The molecule has 1 fully saturated rings. The summed E-state index contributed by atoms with van der Waals surface area (Å²) in [5.74, 6) is 1.00. The van der Waals surface area contributed by atoms with Crippen molar-refractivity contribution in [1.29, 1.82) is 5.26 Å². The number of nitrogens with zero attached hydrogens (tertiary/aromatic N) is 3. The molecule has 2 aliphatic heterocycles. The van der Waals surface area contributed by atoms with E-state index in [1.807, 2.05) is 38.1 Å². The molecule has 0 spiro atoms. The number of rotatable bonds is 7. The van der Waals surface area contributed by atoms with Crippen molar-refractivity contribution in [2.24, 2.45) is 11.1 Å². The number of carbonyl (C=O) groups excluding carboxylic acids is 1. The summed E-state index contributed by atoms with van der Waals surface area (Å²) < 4.78 is 10.6. The van der Waals surface area contributed by atoms with Crippen LogP contribution in [0, 0.1) is 17.2 Å². The fourth-order valence-electron chi connectivity index (χ4n) is 4.67. The zero-order valence-electron chi connectivity index (χ0n) is 20.5. The van der Waals surface area contributed by atoms with Gasteiger partial charge in [0.1, 0.15) is 11.8 Å². The third kappa shape index (κ3) is 4.58. The number of benzene rings is 3. The van der Waals surface area contributed by atoms with E-state index in [9.17, 15) is 10.1 Å². The van der Waals surface area contributed by atoms with Gasteiger partial charge < -0.3 is 19.6 Å². The monoisotopic (exact) mass is 484 g/mol. The summed E-state index contributed by atoms with van der Waals surface area (Å²) >= 11 is 0. The van der Waals surface area contributed by atoms with Crippen LogP contribution in [-0.4, -0.2) is 43.0 Å². The highest BCUT2D eigenvalue weighted by Crippen LogP contribution is 2.31. The number of oxime groups is 1. The van der Waals surface area contributed by atoms with E-state index in [2.05, 4.69) is 39.6 Å². The van der Waals surface area contributed by atoms with E-state index in [0.717, 1.165) is 28.4 Å². The molecule has 1 atom stereocenters. The molecule has 3 aromatic carbocycles. The maximum absolute atomic E-state index is 11.7. The minimum absolute atomic E-state index is 0.0228. The Bertz CT molecular complexity index is 1370. The molecule has 8 heteroatoms. The number of fused-ring (bicyclic) bond motifs is 1. The smallest absolute Gasteiger partial charge is 0.311 e. The van der Waals surface area contributed by atoms with Crippen molar-refractivity contribution in [3.8, 4) is 11.8 Å². The average molecular weight is 485 g/mol. The standard InChI is InChI=1S/C28H28N4O4/c1-17(2)35-25-11-9-18(12-20(25)13-29)27-30-26(31-36-27)24-10-8-19(22-6-4-5-7-23(22)24)14-32-15-21(16-32)28(33)34-3/h4-12,17,21,27H,14-16H2,1-3H3,(H,30,31). The van der Waals surface area contributed by atoms with Crippen molar-refractivity contribution in [3.05, 3.63) is 76.9 Å². The second-order valence-corrected chi connectivity index (χ2v) is 9.34. The summed E-state index contributed by atoms with van der Waals surface area (Å²) in [6, 6.07) is 20.0. The molecule has 1 unspecified atom stereocenters. The maximum Gasteiger partial charge on any atom is 0.311 e. The Morgan fingerprint density at radius 2 is 1.97 bits per heavy atom. The van der Waals surface area contributed by atoms with E-state index in [1.165, 1.54) is 12.7 Å². The first kappa shape index (κ1) is 23.6. The van der Waals surface area contributed by atoms with Gasteiger partial charge in [-0.3, -0.25) is 9.69 Å². The topological polar surface area (TPSA) is 96.2 Å². The van der Waals surface area contributed by atoms with E-state index in [1.54, 1.807) is 12.1 Å². The molecule has 0 aromatic heterocycles. The van der Waals surface area contributed by atoms with Gasteiger partial charge in [0.05, 0.1) is 24.7 Å². The molecule has 0 aliphatic carbocycles. The third-order valence-electron chi connectivity index (χ3n) is 6.46. The summed E-state index contributed by atoms with van der Waals surface area (Å²) in [6.45, 7) is 6.02. The zero-order chi connectivity index (χ0) is 25.2. The number of hydrogen-bond acceptors (Lipinski definition) is 8. The minimum atomic E-state index is -0.505. The average Bonchev–Trinajstić information content (AvgIpc) is 3.35. The van der Waals surface area contributed by atoms with E-state index in [4.69, 9.17) is 14.3 Å². The van der Waals surface area contributed by atoms with Crippen molar-refractivity contribution in [2.75, 3.05) is 20.2 Å². The van der Waals surface area contributed by atoms with Gasteiger partial charge in [0.15, 0.2) is 5.84 Å². The van der Waals surface area contributed by atoms with Crippen LogP contribution in [0.3, 0.4) is 0 Å². The van der Waals surface area contributed by atoms with E-state index in [-0.39, 0.29) is 18.0 Å². The molecule has 3 aromatic rings. The van der Waals surface area contributed by atoms with Crippen LogP contribution in [0.2, 0.25) is 0 Å². The number of esters is 1. The molecule has 2 aliphatic rings. The highest BCUT2D eigenvalue weighted by Gasteiger charge is 2.33. The van der Waals surface area contributed by atoms with Crippen LogP contribution in [0.5, 0.6) is 5.75 Å². The van der Waals surface area contributed by atoms with Crippen LogP contribution in [0.15, 0.2) is 59.8 Å². The highest BCUT2D eigenvalue weighted by atomic mass is 16.7. The van der Waals surface area contributed by atoms with Crippen LogP contribution < -0.4 is 10.1 Å². The zero-order valence-corrected chi connectivity index (χ0v) is 20.5. The predicted molar refractivity (Wildman–Crippen MR) is 135 cm³/mol. The SMILES string of the molecule is COC(=O)C1CN(Cc2ccc(C3=NOC(c4ccc(OC(C)C)c(C#N)c4)N3)c3ccccc23)C1. The van der Waals surface area contributed by atoms with Crippen molar-refractivity contribution in [1.82, 2.24) is 10.2 Å². The van der Waals surface area contributed by atoms with Gasteiger partial charge in [-0.1, -0.05) is 41.6 Å². The summed E-state index contributed by atoms with van der Waals surface area (Å²) in [6.07, 6.45) is -0.527. The fraction of sp³-hybridized carbons (Fsp3) is 0.321. The van der Waals surface area contributed by atoms with Crippen LogP contribution in [-0.2, 0) is 20.9 Å². The van der Waals surface area contributed by atoms with Crippen LogP contribution >= 0.6 is 0 Å². The number of carbonyl (C=O) groups is 1. The van der Waals surface area contributed by atoms with Crippen LogP contribution in [0.1, 0.15) is 42.3 Å². The van der Waals surface area contributed by atoms with Gasteiger partial charge in [-0.25, -0.2) is 0 Å². The molecule has 0 bridgehead atoms. The number of methoxy groups -OCH3 is 1. The third-order valence-corrected chi connectivity index (χ3v) is 6.46. The molecule has 36 heavy (non-hydrogen) atoms. The molecular formula is C28H28N4O4. The van der Waals surface area contributed by atoms with Crippen LogP contribution in [0.25, 0.3) is 10.8 Å². The number of ether oxygens (including phenoxy) is 2. The Balaban J connectivity index is 1.34. The first-order valence-electron chi connectivity index (χ1n) is 12.0. The molecule has 8 nitrogen and oxygen atoms in total. The van der Waals surface area contributed by atoms with E-state index in [0.29, 0.717) is 30.2 Å². The Hall–Kier alpha value is -4.09. The molecule has 2 heterocycles. The first-order chi connectivity index (χ1) is 17.5. The van der Waals surface area contributed by atoms with Crippen molar-refractivity contribution in [2.45, 2.75) is 32.7 Å². The Morgan fingerprint density at radius 3 is 2.69 bits per heavy atom. The number of hydrogen-bond donors (Lipinski definition) is 1. The van der Waals surface area contributed by atoms with Crippen molar-refractivity contribution in [3.63, 3.8) is 0 Å². The van der Waals surface area contributed by atoms with Gasteiger partial charge in [0, 0.05) is 30.8 Å². The number of amidine groups is 1. The van der Waals surface area contributed by atoms with Gasteiger partial charge in [0.2, 0.25) is 6.23 Å². The number of likely N-dealkylation sites (tertiary alicyclic amines) is 1. The van der Waals surface area contributed by atoms with E-state index >= 15 is 0 Å². The number of nitriles is 1. The lowest BCUT2D eigenvalue weighted by Gasteiger charge is -2.37. The quantitative estimate of drug-likeness (QED) is 0.505. The lowest BCUT2D eigenvalue weighted by molar-refractivity contribution is -0.151. The highest BCUT2D eigenvalue weighted by molar-refractivity contribution is 6.10. The summed E-state index contributed by atoms with van der Waals surface area (Å²) in [7, 11) is 1.43. The Kier molecular flexibility index (Phi) is 6.49. The van der Waals surface area contributed by atoms with Gasteiger partial charge in [-0.2, -0.15) is 5.26 Å². The Morgan fingerprint density at radius 1 is 1.19 bits per heavy atom. The minimum Gasteiger partial charge on any atom is -0.490 e. The first-order valence-corrected chi connectivity index (χ1v) is 12.0. The Labute approximate surface area is 210 Å². The maximum atomic E-state index is 11.7. The van der Waals surface area contributed by atoms with Gasteiger partial charge in [-0.05, 0) is 48.4 Å². The molecule has 1 N–H and O–H groups in total. The molecule has 0 radical (unpaired) electrons.